The molecule has 8 heteroatoms. The van der Waals surface area contributed by atoms with E-state index in [1.807, 2.05) is 0 Å². The van der Waals surface area contributed by atoms with Crippen molar-refractivity contribution >= 4 is 22.5 Å². The van der Waals surface area contributed by atoms with Gasteiger partial charge in [-0.15, -0.1) is 0 Å². The number of para-hydroxylation sites is 1. The van der Waals surface area contributed by atoms with Gasteiger partial charge in [-0.1, -0.05) is 43.6 Å². The Kier molecular flexibility index (Phi) is 6.22. The number of aromatic nitrogens is 1. The second kappa shape index (κ2) is 8.28. The molecule has 0 saturated carbocycles. The van der Waals surface area contributed by atoms with E-state index in [0.717, 1.165) is 6.07 Å². The molecule has 1 N–H and O–H groups in total. The van der Waals surface area contributed by atoms with Crippen molar-refractivity contribution in [1.82, 2.24) is 4.98 Å². The average molecular weight is 456 g/mol. The molecular formula is C23H22ClF4NO2. The molecule has 2 aromatic carbocycles. The molecule has 0 fully saturated rings. The van der Waals surface area contributed by atoms with E-state index in [1.165, 1.54) is 39.2 Å². The maximum atomic E-state index is 14.2. The monoisotopic (exact) mass is 455 g/mol. The second-order valence-corrected chi connectivity index (χ2v) is 8.62. The van der Waals surface area contributed by atoms with E-state index in [1.54, 1.807) is 24.3 Å². The summed E-state index contributed by atoms with van der Waals surface area (Å²) in [5.74, 6) is -0.361. The Balaban J connectivity index is 2.08. The molecule has 0 aliphatic heterocycles. The van der Waals surface area contributed by atoms with Gasteiger partial charge < -0.3 is 9.84 Å². The second-order valence-electron chi connectivity index (χ2n) is 8.23. The zero-order chi connectivity index (χ0) is 23.0. The number of halogens is 5. The third-order valence-corrected chi connectivity index (χ3v) is 5.60. The Labute approximate surface area is 182 Å². The highest BCUT2D eigenvalue weighted by Gasteiger charge is 2.56. The van der Waals surface area contributed by atoms with Crippen LogP contribution < -0.4 is 4.74 Å². The van der Waals surface area contributed by atoms with Crippen molar-refractivity contribution in [2.75, 3.05) is 7.11 Å². The van der Waals surface area contributed by atoms with E-state index < -0.39 is 35.9 Å². The quantitative estimate of drug-likeness (QED) is 0.353. The molecule has 0 bridgehead atoms. The highest BCUT2D eigenvalue weighted by molar-refractivity contribution is 6.29. The van der Waals surface area contributed by atoms with Crippen molar-refractivity contribution in [1.29, 1.82) is 0 Å². The third kappa shape index (κ3) is 4.77. The predicted octanol–water partition coefficient (Wildman–Crippen LogP) is 6.24. The first-order valence-electron chi connectivity index (χ1n) is 9.54. The Bertz CT molecular complexity index is 1100. The van der Waals surface area contributed by atoms with Gasteiger partial charge in [0.1, 0.15) is 16.7 Å². The first-order chi connectivity index (χ1) is 14.4. The highest BCUT2D eigenvalue weighted by Crippen LogP contribution is 2.45. The van der Waals surface area contributed by atoms with Crippen LogP contribution in [-0.2, 0) is 11.8 Å². The zero-order valence-electron chi connectivity index (χ0n) is 17.2. The molecule has 0 aliphatic carbocycles. The van der Waals surface area contributed by atoms with Crippen LogP contribution in [-0.4, -0.2) is 29.0 Å². The Hall–Kier alpha value is -2.38. The first kappa shape index (κ1) is 23.3. The van der Waals surface area contributed by atoms with Crippen LogP contribution in [0.4, 0.5) is 17.6 Å². The summed E-state index contributed by atoms with van der Waals surface area (Å²) < 4.78 is 61.7. The van der Waals surface area contributed by atoms with Gasteiger partial charge in [0, 0.05) is 17.4 Å². The SMILES string of the molecule is COc1ccc(F)cc1C(C)(C)CC(O)(Cc1cc(Cl)nc2ccccc12)C(F)(F)F. The largest absolute Gasteiger partial charge is 0.496 e. The summed E-state index contributed by atoms with van der Waals surface area (Å²) >= 11 is 6.02. The molecule has 166 valence electrons. The number of ether oxygens (including phenoxy) is 1. The highest BCUT2D eigenvalue weighted by atomic mass is 35.5. The van der Waals surface area contributed by atoms with E-state index in [0.29, 0.717) is 10.9 Å². The number of hydrogen-bond donors (Lipinski definition) is 1. The van der Waals surface area contributed by atoms with Crippen molar-refractivity contribution in [2.45, 2.75) is 43.9 Å². The number of pyridine rings is 1. The van der Waals surface area contributed by atoms with E-state index in [4.69, 9.17) is 16.3 Å². The molecule has 1 unspecified atom stereocenters. The van der Waals surface area contributed by atoms with Crippen molar-refractivity contribution in [2.24, 2.45) is 0 Å². The average Bonchev–Trinajstić information content (AvgIpc) is 2.66. The lowest BCUT2D eigenvalue weighted by atomic mass is 9.72. The van der Waals surface area contributed by atoms with Gasteiger partial charge in [-0.3, -0.25) is 0 Å². The first-order valence-corrected chi connectivity index (χ1v) is 9.91. The van der Waals surface area contributed by atoms with Crippen LogP contribution in [0.2, 0.25) is 5.15 Å². The maximum Gasteiger partial charge on any atom is 0.417 e. The van der Waals surface area contributed by atoms with Gasteiger partial charge in [0.25, 0.3) is 0 Å². The molecule has 0 radical (unpaired) electrons. The van der Waals surface area contributed by atoms with Gasteiger partial charge in [-0.25, -0.2) is 9.37 Å². The summed E-state index contributed by atoms with van der Waals surface area (Å²) in [7, 11) is 1.36. The molecule has 3 nitrogen and oxygen atoms in total. The number of nitrogens with zero attached hydrogens (tertiary/aromatic N) is 1. The third-order valence-electron chi connectivity index (χ3n) is 5.41. The smallest absolute Gasteiger partial charge is 0.417 e. The van der Waals surface area contributed by atoms with Crippen LogP contribution in [0.25, 0.3) is 10.9 Å². The van der Waals surface area contributed by atoms with Crippen LogP contribution in [0.1, 0.15) is 31.4 Å². The summed E-state index contributed by atoms with van der Waals surface area (Å²) in [6.07, 6.45) is -6.42. The minimum absolute atomic E-state index is 0.0317. The molecule has 0 saturated heterocycles. The van der Waals surface area contributed by atoms with Gasteiger partial charge >= 0.3 is 6.18 Å². The summed E-state index contributed by atoms with van der Waals surface area (Å²) in [6.45, 7) is 3.03. The van der Waals surface area contributed by atoms with E-state index in [-0.39, 0.29) is 22.0 Å². The molecule has 3 aromatic rings. The lowest BCUT2D eigenvalue weighted by Gasteiger charge is -2.38. The van der Waals surface area contributed by atoms with Gasteiger partial charge in [0.05, 0.1) is 12.6 Å². The number of benzene rings is 2. The van der Waals surface area contributed by atoms with Gasteiger partial charge in [-0.2, -0.15) is 13.2 Å². The number of aliphatic hydroxyl groups is 1. The lowest BCUT2D eigenvalue weighted by Crippen LogP contribution is -2.50. The van der Waals surface area contributed by atoms with Gasteiger partial charge in [-0.05, 0) is 47.7 Å². The fraction of sp³-hybridized carbons (Fsp3) is 0.348. The maximum absolute atomic E-state index is 14.2. The molecule has 1 aromatic heterocycles. The molecular weight excluding hydrogens is 434 g/mol. The summed E-state index contributed by atoms with van der Waals surface area (Å²) in [5.41, 5.74) is -3.50. The Morgan fingerprint density at radius 1 is 1.06 bits per heavy atom. The zero-order valence-corrected chi connectivity index (χ0v) is 18.0. The van der Waals surface area contributed by atoms with Gasteiger partial charge in [0.2, 0.25) is 0 Å². The number of alkyl halides is 3. The summed E-state index contributed by atoms with van der Waals surface area (Å²) in [4.78, 5) is 4.13. The lowest BCUT2D eigenvalue weighted by molar-refractivity contribution is -0.266. The normalized spacial score (nSPS) is 14.5. The van der Waals surface area contributed by atoms with E-state index in [2.05, 4.69) is 4.98 Å². The van der Waals surface area contributed by atoms with Crippen molar-refractivity contribution in [3.05, 3.63) is 70.6 Å². The number of hydrogen-bond acceptors (Lipinski definition) is 3. The molecule has 0 spiro atoms. The molecule has 1 atom stereocenters. The van der Waals surface area contributed by atoms with Crippen LogP contribution in [0, 0.1) is 5.82 Å². The standard InChI is InChI=1S/C23H22ClF4NO2/c1-21(2,17-11-15(25)8-9-19(17)31-3)13-22(30,23(26,27)28)12-14-10-20(24)29-18-7-5-4-6-16(14)18/h4-11,30H,12-13H2,1-3H3. The Morgan fingerprint density at radius 2 is 1.74 bits per heavy atom. The Morgan fingerprint density at radius 3 is 2.39 bits per heavy atom. The molecule has 1 heterocycles. The van der Waals surface area contributed by atoms with Crippen LogP contribution in [0.5, 0.6) is 5.75 Å². The van der Waals surface area contributed by atoms with Crippen molar-refractivity contribution < 1.29 is 27.4 Å². The minimum Gasteiger partial charge on any atom is -0.496 e. The van der Waals surface area contributed by atoms with E-state index >= 15 is 0 Å². The predicted molar refractivity (Wildman–Crippen MR) is 112 cm³/mol. The molecule has 3 rings (SSSR count). The number of methoxy groups -OCH3 is 1. The minimum atomic E-state index is -4.96. The van der Waals surface area contributed by atoms with Crippen LogP contribution in [0.15, 0.2) is 48.5 Å². The van der Waals surface area contributed by atoms with Crippen LogP contribution in [0.3, 0.4) is 0 Å². The van der Waals surface area contributed by atoms with Gasteiger partial charge in [0.15, 0.2) is 5.60 Å². The fourth-order valence-electron chi connectivity index (χ4n) is 3.97. The number of fused-ring (bicyclic) bond motifs is 1. The topological polar surface area (TPSA) is 42.4 Å². The number of rotatable bonds is 6. The summed E-state index contributed by atoms with van der Waals surface area (Å²) in [5, 5.41) is 11.5. The molecule has 0 aliphatic rings. The van der Waals surface area contributed by atoms with E-state index in [9.17, 15) is 22.7 Å². The van der Waals surface area contributed by atoms with Crippen molar-refractivity contribution in [3.8, 4) is 5.75 Å². The summed E-state index contributed by atoms with van der Waals surface area (Å²) in [6, 6.07) is 11.6. The van der Waals surface area contributed by atoms with Crippen LogP contribution >= 0.6 is 11.6 Å². The fourth-order valence-corrected chi connectivity index (χ4v) is 4.19. The van der Waals surface area contributed by atoms with Crippen molar-refractivity contribution in [3.63, 3.8) is 0 Å². The molecule has 0 amide bonds. The molecule has 31 heavy (non-hydrogen) atoms.